The molecule has 0 radical (unpaired) electrons. The maximum Gasteiger partial charge on any atom is 0.344 e. The molecule has 1 saturated carbocycles. The lowest BCUT2D eigenvalue weighted by atomic mass is 9.71. The second-order valence-electron chi connectivity index (χ2n) is 7.77. The van der Waals surface area contributed by atoms with E-state index in [0.717, 1.165) is 0 Å². The van der Waals surface area contributed by atoms with Crippen LogP contribution in [0.15, 0.2) is 0 Å². The van der Waals surface area contributed by atoms with Gasteiger partial charge in [-0.2, -0.15) is 0 Å². The van der Waals surface area contributed by atoms with Gasteiger partial charge in [-0.15, -0.1) is 0 Å². The molecule has 2 bridgehead atoms. The summed E-state index contributed by atoms with van der Waals surface area (Å²) in [5, 5.41) is 0. The van der Waals surface area contributed by atoms with E-state index in [4.69, 9.17) is 14.2 Å². The molecule has 1 aliphatic heterocycles. The van der Waals surface area contributed by atoms with Crippen molar-refractivity contribution in [3.05, 3.63) is 0 Å². The van der Waals surface area contributed by atoms with Crippen molar-refractivity contribution in [2.75, 3.05) is 6.61 Å². The summed E-state index contributed by atoms with van der Waals surface area (Å²) in [6.45, 7) is 8.67. The number of hydrogen-bond acceptors (Lipinski definition) is 6. The summed E-state index contributed by atoms with van der Waals surface area (Å²) in [7, 11) is 0. The van der Waals surface area contributed by atoms with Crippen molar-refractivity contribution in [1.29, 1.82) is 0 Å². The van der Waals surface area contributed by atoms with Crippen LogP contribution in [-0.4, -0.2) is 36.2 Å². The van der Waals surface area contributed by atoms with E-state index < -0.39 is 41.1 Å². The molecule has 6 nitrogen and oxygen atoms in total. The Morgan fingerprint density at radius 1 is 1.35 bits per heavy atom. The van der Waals surface area contributed by atoms with E-state index in [0.29, 0.717) is 25.7 Å². The van der Waals surface area contributed by atoms with Crippen molar-refractivity contribution >= 4 is 17.9 Å². The van der Waals surface area contributed by atoms with Gasteiger partial charge in [-0.05, 0) is 47.0 Å². The summed E-state index contributed by atoms with van der Waals surface area (Å²) >= 11 is 0. The molecule has 3 unspecified atom stereocenters. The molecule has 0 spiro atoms. The minimum absolute atomic E-state index is 0.227. The number of carbonyl (C=O) groups is 3. The first kappa shape index (κ1) is 17.8. The van der Waals surface area contributed by atoms with E-state index in [-0.39, 0.29) is 5.97 Å². The Hall–Kier alpha value is -1.59. The monoisotopic (exact) mass is 326 g/mol. The fourth-order valence-electron chi connectivity index (χ4n) is 3.18. The molecule has 0 N–H and O–H groups in total. The Labute approximate surface area is 136 Å². The van der Waals surface area contributed by atoms with E-state index >= 15 is 0 Å². The zero-order valence-corrected chi connectivity index (χ0v) is 14.6. The van der Waals surface area contributed by atoms with E-state index in [1.807, 2.05) is 13.8 Å². The Kier molecular flexibility index (Phi) is 4.48. The molecule has 2 rings (SSSR count). The highest BCUT2D eigenvalue weighted by Crippen LogP contribution is 2.51. The highest BCUT2D eigenvalue weighted by molar-refractivity contribution is 5.81. The van der Waals surface area contributed by atoms with Crippen LogP contribution in [-0.2, 0) is 28.6 Å². The summed E-state index contributed by atoms with van der Waals surface area (Å²) < 4.78 is 15.9. The lowest BCUT2D eigenvalue weighted by Crippen LogP contribution is -2.46. The molecule has 1 saturated heterocycles. The van der Waals surface area contributed by atoms with Gasteiger partial charge in [0.25, 0.3) is 0 Å². The molecule has 6 heteroatoms. The first-order chi connectivity index (χ1) is 10.5. The lowest BCUT2D eigenvalue weighted by Gasteiger charge is -2.37. The first-order valence-electron chi connectivity index (χ1n) is 8.13. The third-order valence-corrected chi connectivity index (χ3v) is 5.23. The van der Waals surface area contributed by atoms with E-state index in [1.54, 1.807) is 20.8 Å². The Bertz CT molecular complexity index is 525. The molecule has 0 aromatic carbocycles. The summed E-state index contributed by atoms with van der Waals surface area (Å²) in [6, 6.07) is 0. The van der Waals surface area contributed by atoms with Gasteiger partial charge in [0.2, 0.25) is 0 Å². The van der Waals surface area contributed by atoms with Crippen LogP contribution in [0.3, 0.4) is 0 Å². The minimum atomic E-state index is -0.785. The summed E-state index contributed by atoms with van der Waals surface area (Å²) in [4.78, 5) is 35.8. The van der Waals surface area contributed by atoms with E-state index in [9.17, 15) is 14.4 Å². The lowest BCUT2D eigenvalue weighted by molar-refractivity contribution is -0.180. The maximum atomic E-state index is 12.0. The average Bonchev–Trinajstić information content (AvgIpc) is 2.66. The molecule has 0 amide bonds. The molecule has 3 atom stereocenters. The molecular weight excluding hydrogens is 300 g/mol. The van der Waals surface area contributed by atoms with Crippen molar-refractivity contribution in [3.63, 3.8) is 0 Å². The van der Waals surface area contributed by atoms with Gasteiger partial charge in [0.15, 0.2) is 6.61 Å². The molecule has 23 heavy (non-hydrogen) atoms. The summed E-state index contributed by atoms with van der Waals surface area (Å²) in [6.07, 6.45) is 1.86. The van der Waals surface area contributed by atoms with E-state index in [1.165, 1.54) is 0 Å². The number of rotatable bonds is 5. The zero-order valence-electron chi connectivity index (χ0n) is 14.6. The number of fused-ring (bicyclic) bond motifs is 2. The number of hydrogen-bond donors (Lipinski definition) is 0. The summed E-state index contributed by atoms with van der Waals surface area (Å²) in [5.41, 5.74) is -1.89. The normalized spacial score (nSPS) is 33.1. The van der Waals surface area contributed by atoms with Gasteiger partial charge in [-0.3, -0.25) is 9.59 Å². The van der Waals surface area contributed by atoms with Crippen molar-refractivity contribution in [3.8, 4) is 0 Å². The van der Waals surface area contributed by atoms with Gasteiger partial charge < -0.3 is 14.2 Å². The molecule has 130 valence electrons. The SMILES string of the molecule is CCC(C)(C)C(=O)OCC(=O)OC1CCC2(C)CC1(C)OC2=O. The highest BCUT2D eigenvalue weighted by atomic mass is 16.6. The van der Waals surface area contributed by atoms with Crippen LogP contribution < -0.4 is 0 Å². The molecule has 1 aliphatic carbocycles. The van der Waals surface area contributed by atoms with Crippen molar-refractivity contribution in [1.82, 2.24) is 0 Å². The van der Waals surface area contributed by atoms with Gasteiger partial charge in [0.05, 0.1) is 10.8 Å². The molecule has 2 aliphatic rings. The smallest absolute Gasteiger partial charge is 0.344 e. The first-order valence-corrected chi connectivity index (χ1v) is 8.13. The number of ether oxygens (including phenoxy) is 3. The van der Waals surface area contributed by atoms with Gasteiger partial charge in [-0.1, -0.05) is 6.92 Å². The van der Waals surface area contributed by atoms with Crippen LogP contribution in [0, 0.1) is 10.8 Å². The largest absolute Gasteiger partial charge is 0.456 e. The van der Waals surface area contributed by atoms with Crippen LogP contribution in [0.2, 0.25) is 0 Å². The molecular formula is C17H26O6. The van der Waals surface area contributed by atoms with Crippen LogP contribution in [0.4, 0.5) is 0 Å². The zero-order chi connectivity index (χ0) is 17.5. The van der Waals surface area contributed by atoms with Crippen LogP contribution in [0.25, 0.3) is 0 Å². The minimum Gasteiger partial charge on any atom is -0.456 e. The molecule has 0 aromatic heterocycles. The van der Waals surface area contributed by atoms with Crippen LogP contribution >= 0.6 is 0 Å². The van der Waals surface area contributed by atoms with Crippen LogP contribution in [0.1, 0.15) is 60.3 Å². The maximum absolute atomic E-state index is 12.0. The fourth-order valence-corrected chi connectivity index (χ4v) is 3.18. The third kappa shape index (κ3) is 3.35. The van der Waals surface area contributed by atoms with Crippen LogP contribution in [0.5, 0.6) is 0 Å². The van der Waals surface area contributed by atoms with Gasteiger partial charge in [-0.25, -0.2) is 4.79 Å². The molecule has 2 fully saturated rings. The Balaban J connectivity index is 1.89. The third-order valence-electron chi connectivity index (χ3n) is 5.23. The average molecular weight is 326 g/mol. The van der Waals surface area contributed by atoms with Gasteiger partial charge in [0, 0.05) is 6.42 Å². The predicted octanol–water partition coefficient (Wildman–Crippen LogP) is 2.38. The number of carbonyl (C=O) groups excluding carboxylic acids is 3. The van der Waals surface area contributed by atoms with Crippen molar-refractivity contribution < 1.29 is 28.6 Å². The molecule has 0 aromatic rings. The quantitative estimate of drug-likeness (QED) is 0.570. The van der Waals surface area contributed by atoms with Crippen molar-refractivity contribution in [2.45, 2.75) is 72.0 Å². The second-order valence-corrected chi connectivity index (χ2v) is 7.77. The predicted molar refractivity (Wildman–Crippen MR) is 81.4 cm³/mol. The highest BCUT2D eigenvalue weighted by Gasteiger charge is 2.60. The van der Waals surface area contributed by atoms with E-state index in [2.05, 4.69) is 0 Å². The van der Waals surface area contributed by atoms with Gasteiger partial charge in [0.1, 0.15) is 11.7 Å². The Morgan fingerprint density at radius 2 is 2.00 bits per heavy atom. The van der Waals surface area contributed by atoms with Gasteiger partial charge >= 0.3 is 17.9 Å². The topological polar surface area (TPSA) is 78.9 Å². The fraction of sp³-hybridized carbons (Fsp3) is 0.824. The molecule has 1 heterocycles. The summed E-state index contributed by atoms with van der Waals surface area (Å²) in [5.74, 6) is -1.26. The second kappa shape index (κ2) is 5.80. The number of esters is 3. The Morgan fingerprint density at radius 3 is 2.61 bits per heavy atom. The standard InChI is InChI=1S/C17H26O6/c1-6-15(2,3)13(19)21-9-12(18)22-11-7-8-16(4)10-17(11,5)23-14(16)20/h11H,6-10H2,1-5H3. The van der Waals surface area contributed by atoms with Crippen molar-refractivity contribution in [2.24, 2.45) is 10.8 Å².